The summed E-state index contributed by atoms with van der Waals surface area (Å²) in [6, 6.07) is 18.0. The maximum absolute atomic E-state index is 11.5. The van der Waals surface area contributed by atoms with Crippen LogP contribution in [0, 0.1) is 11.8 Å². The molecule has 0 bridgehead atoms. The molecule has 0 spiro atoms. The number of rotatable bonds is 5. The van der Waals surface area contributed by atoms with Crippen molar-refractivity contribution in [2.45, 2.75) is 0 Å². The molecule has 0 saturated carbocycles. The molecule has 0 aromatic heterocycles. The van der Waals surface area contributed by atoms with E-state index < -0.39 is 23.9 Å². The number of carboxylic acids is 4. The molecular weight excluding hydrogens is 464 g/mol. The first-order valence-corrected chi connectivity index (χ1v) is 10.4. The number of hydrogen-bond acceptors (Lipinski definition) is 4. The second-order valence-corrected chi connectivity index (χ2v) is 7.77. The van der Waals surface area contributed by atoms with E-state index in [4.69, 9.17) is 0 Å². The van der Waals surface area contributed by atoms with Crippen LogP contribution in [0.1, 0.15) is 52.6 Å². The van der Waals surface area contributed by atoms with Crippen molar-refractivity contribution in [3.8, 4) is 23.0 Å². The van der Waals surface area contributed by atoms with Crippen molar-refractivity contribution in [2.24, 2.45) is 0 Å². The number of fused-ring (bicyclic) bond motifs is 1. The Morgan fingerprint density at radius 2 is 1.00 bits per heavy atom. The molecule has 0 saturated heterocycles. The van der Waals surface area contributed by atoms with Gasteiger partial charge in [-0.15, -0.1) is 0 Å². The van der Waals surface area contributed by atoms with E-state index in [-0.39, 0.29) is 27.8 Å². The lowest BCUT2D eigenvalue weighted by Crippen LogP contribution is -2.03. The Hall–Kier alpha value is -5.42. The van der Waals surface area contributed by atoms with Crippen molar-refractivity contribution < 1.29 is 39.6 Å². The van der Waals surface area contributed by atoms with Gasteiger partial charge in [0.15, 0.2) is 0 Å². The smallest absolute Gasteiger partial charge is 0.335 e. The third kappa shape index (κ3) is 4.76. The van der Waals surface area contributed by atoms with E-state index in [1.165, 1.54) is 24.3 Å². The van der Waals surface area contributed by atoms with Crippen molar-refractivity contribution in [2.75, 3.05) is 0 Å². The summed E-state index contributed by atoms with van der Waals surface area (Å²) in [7, 11) is 0. The zero-order valence-corrected chi connectivity index (χ0v) is 18.4. The molecule has 0 radical (unpaired) electrons. The maximum atomic E-state index is 11.5. The molecule has 0 fully saturated rings. The summed E-state index contributed by atoms with van der Waals surface area (Å²) in [5, 5.41) is 38.8. The molecular formula is C28H16O8. The van der Waals surface area contributed by atoms with Crippen molar-refractivity contribution in [1.29, 1.82) is 0 Å². The van der Waals surface area contributed by atoms with Gasteiger partial charge in [0.05, 0.1) is 22.3 Å². The molecule has 0 unspecified atom stereocenters. The van der Waals surface area contributed by atoms with E-state index in [0.29, 0.717) is 27.5 Å². The lowest BCUT2D eigenvalue weighted by molar-refractivity contribution is 0.0676. The molecule has 0 atom stereocenters. The van der Waals surface area contributed by atoms with Crippen LogP contribution in [-0.2, 0) is 0 Å². The van der Waals surface area contributed by atoms with Gasteiger partial charge in [-0.05, 0) is 64.4 Å². The first-order valence-electron chi connectivity index (χ1n) is 10.4. The fourth-order valence-corrected chi connectivity index (χ4v) is 3.78. The summed E-state index contributed by atoms with van der Waals surface area (Å²) in [5.41, 5.74) is 1.04. The van der Waals surface area contributed by atoms with Crippen molar-refractivity contribution >= 4 is 34.6 Å². The van der Waals surface area contributed by atoms with E-state index in [0.717, 1.165) is 12.1 Å². The summed E-state index contributed by atoms with van der Waals surface area (Å²) in [6.45, 7) is 0. The summed E-state index contributed by atoms with van der Waals surface area (Å²) in [6.07, 6.45) is 0. The zero-order chi connectivity index (χ0) is 26.0. The van der Waals surface area contributed by atoms with Crippen LogP contribution < -0.4 is 0 Å². The second-order valence-electron chi connectivity index (χ2n) is 7.77. The molecule has 8 nitrogen and oxygen atoms in total. The molecule has 4 aromatic carbocycles. The third-order valence-electron chi connectivity index (χ3n) is 5.43. The van der Waals surface area contributed by atoms with Gasteiger partial charge in [0, 0.05) is 11.1 Å². The lowest BCUT2D eigenvalue weighted by Gasteiger charge is -2.11. The highest BCUT2D eigenvalue weighted by Crippen LogP contribution is 2.32. The Bertz CT molecular complexity index is 1590. The van der Waals surface area contributed by atoms with Crippen LogP contribution in [0.3, 0.4) is 0 Å². The number of aromatic carboxylic acids is 4. The SMILES string of the molecule is O=C(O)c1cc(C#Cc2ccc(-c3cc(C(=O)O)cc(C(=O)O)c3)c3ccccc23)cc(C(=O)O)c1. The van der Waals surface area contributed by atoms with Gasteiger partial charge in [-0.25, -0.2) is 19.2 Å². The molecule has 0 aliphatic rings. The summed E-state index contributed by atoms with van der Waals surface area (Å²) in [4.78, 5) is 45.8. The van der Waals surface area contributed by atoms with Gasteiger partial charge in [-0.1, -0.05) is 42.2 Å². The van der Waals surface area contributed by atoms with E-state index in [1.807, 2.05) is 0 Å². The molecule has 0 heterocycles. The Labute approximate surface area is 203 Å². The summed E-state index contributed by atoms with van der Waals surface area (Å²) >= 11 is 0. The van der Waals surface area contributed by atoms with Crippen molar-refractivity contribution in [3.05, 3.63) is 106 Å². The highest BCUT2D eigenvalue weighted by Gasteiger charge is 2.15. The van der Waals surface area contributed by atoms with Gasteiger partial charge in [0.1, 0.15) is 0 Å². The van der Waals surface area contributed by atoms with Crippen LogP contribution in [0.5, 0.6) is 0 Å². The highest BCUT2D eigenvalue weighted by molar-refractivity contribution is 6.03. The summed E-state index contributed by atoms with van der Waals surface area (Å²) in [5.74, 6) is 0.705. The van der Waals surface area contributed by atoms with E-state index in [9.17, 15) is 39.6 Å². The number of benzene rings is 4. The molecule has 0 amide bonds. The molecule has 4 rings (SSSR count). The van der Waals surface area contributed by atoms with Crippen molar-refractivity contribution in [3.63, 3.8) is 0 Å². The minimum absolute atomic E-state index is 0.162. The van der Waals surface area contributed by atoms with Crippen LogP contribution in [0.4, 0.5) is 0 Å². The zero-order valence-electron chi connectivity index (χ0n) is 18.4. The predicted octanol–water partition coefficient (Wildman–Crippen LogP) is 4.70. The Balaban J connectivity index is 1.87. The van der Waals surface area contributed by atoms with Gasteiger partial charge in [0.25, 0.3) is 0 Å². The summed E-state index contributed by atoms with van der Waals surface area (Å²) < 4.78 is 0. The quantitative estimate of drug-likeness (QED) is 0.300. The molecule has 0 aliphatic heterocycles. The Morgan fingerprint density at radius 1 is 0.528 bits per heavy atom. The Morgan fingerprint density at radius 3 is 1.50 bits per heavy atom. The fraction of sp³-hybridized carbons (Fsp3) is 0. The van der Waals surface area contributed by atoms with Gasteiger partial charge in [-0.2, -0.15) is 0 Å². The molecule has 4 aromatic rings. The van der Waals surface area contributed by atoms with Crippen LogP contribution in [0.25, 0.3) is 21.9 Å². The number of carbonyl (C=O) groups is 4. The average Bonchev–Trinajstić information content (AvgIpc) is 2.86. The molecule has 176 valence electrons. The average molecular weight is 480 g/mol. The van der Waals surface area contributed by atoms with E-state index in [1.54, 1.807) is 36.4 Å². The van der Waals surface area contributed by atoms with E-state index in [2.05, 4.69) is 11.8 Å². The Kier molecular flexibility index (Phi) is 6.22. The third-order valence-corrected chi connectivity index (χ3v) is 5.43. The fourth-order valence-electron chi connectivity index (χ4n) is 3.78. The first-order chi connectivity index (χ1) is 17.1. The van der Waals surface area contributed by atoms with Gasteiger partial charge in [0.2, 0.25) is 0 Å². The highest BCUT2D eigenvalue weighted by atomic mass is 16.4. The monoisotopic (exact) mass is 480 g/mol. The normalized spacial score (nSPS) is 10.3. The first kappa shape index (κ1) is 23.7. The maximum Gasteiger partial charge on any atom is 0.335 e. The van der Waals surface area contributed by atoms with Crippen LogP contribution in [0.2, 0.25) is 0 Å². The predicted molar refractivity (Wildman–Crippen MR) is 130 cm³/mol. The molecule has 0 aliphatic carbocycles. The van der Waals surface area contributed by atoms with Crippen LogP contribution >= 0.6 is 0 Å². The van der Waals surface area contributed by atoms with Gasteiger partial charge < -0.3 is 20.4 Å². The van der Waals surface area contributed by atoms with E-state index >= 15 is 0 Å². The molecule has 36 heavy (non-hydrogen) atoms. The van der Waals surface area contributed by atoms with Gasteiger partial charge >= 0.3 is 23.9 Å². The largest absolute Gasteiger partial charge is 0.478 e. The second kappa shape index (κ2) is 9.44. The standard InChI is InChI=1S/C28H16O8/c29-25(30)18-9-15(10-19(13-18)26(31)32)5-6-16-7-8-23(24-4-2-1-3-22(16)24)17-11-20(27(33)34)14-21(12-17)28(35)36/h1-4,7-14H,(H,29,30)(H,31,32)(H,33,34)(H,35,36). The molecule has 4 N–H and O–H groups in total. The minimum Gasteiger partial charge on any atom is -0.478 e. The number of hydrogen-bond donors (Lipinski definition) is 4. The minimum atomic E-state index is -1.28. The van der Waals surface area contributed by atoms with Crippen LogP contribution in [-0.4, -0.2) is 44.3 Å². The lowest BCUT2D eigenvalue weighted by atomic mass is 9.93. The van der Waals surface area contributed by atoms with Crippen molar-refractivity contribution in [1.82, 2.24) is 0 Å². The topological polar surface area (TPSA) is 149 Å². The number of carboxylic acid groups (broad SMARTS) is 4. The van der Waals surface area contributed by atoms with Crippen LogP contribution in [0.15, 0.2) is 72.8 Å². The molecule has 8 heteroatoms. The van der Waals surface area contributed by atoms with Gasteiger partial charge in [-0.3, -0.25) is 0 Å².